The molecule has 36 heavy (non-hydrogen) atoms. The van der Waals surface area contributed by atoms with Crippen molar-refractivity contribution in [3.05, 3.63) is 83.7 Å². The molecule has 0 bridgehead atoms. The minimum Gasteiger partial charge on any atom is -0.497 e. The molecule has 5 rings (SSSR count). The van der Waals surface area contributed by atoms with Crippen LogP contribution in [0.25, 0.3) is 11.0 Å². The van der Waals surface area contributed by atoms with Gasteiger partial charge in [-0.15, -0.1) is 0 Å². The summed E-state index contributed by atoms with van der Waals surface area (Å²) >= 11 is 0. The average molecular weight is 486 g/mol. The Hall–Kier alpha value is -3.84. The highest BCUT2D eigenvalue weighted by atomic mass is 16.5. The third-order valence-corrected chi connectivity index (χ3v) is 6.73. The van der Waals surface area contributed by atoms with Crippen LogP contribution in [0, 0.1) is 13.8 Å². The highest BCUT2D eigenvalue weighted by Crippen LogP contribution is 2.34. The van der Waals surface area contributed by atoms with E-state index in [-0.39, 0.29) is 18.4 Å². The molecular formula is C29H31N3O4. The van der Waals surface area contributed by atoms with E-state index in [1.165, 1.54) is 0 Å². The molecule has 0 spiro atoms. The van der Waals surface area contributed by atoms with E-state index in [2.05, 4.69) is 0 Å². The second-order valence-corrected chi connectivity index (χ2v) is 9.41. The molecule has 0 unspecified atom stereocenters. The lowest BCUT2D eigenvalue weighted by Gasteiger charge is -2.19. The number of fused-ring (bicyclic) bond motifs is 1. The van der Waals surface area contributed by atoms with Gasteiger partial charge in [-0.2, -0.15) is 0 Å². The number of aromatic nitrogens is 2. The van der Waals surface area contributed by atoms with Gasteiger partial charge in [0.05, 0.1) is 24.7 Å². The number of aliphatic hydroxyl groups excluding tert-OH is 1. The van der Waals surface area contributed by atoms with Gasteiger partial charge in [-0.25, -0.2) is 4.98 Å². The molecule has 4 aromatic rings. The van der Waals surface area contributed by atoms with Crippen molar-refractivity contribution in [1.29, 1.82) is 0 Å². The number of aryl methyl sites for hydroxylation is 2. The van der Waals surface area contributed by atoms with Crippen molar-refractivity contribution in [1.82, 2.24) is 9.55 Å². The molecular weight excluding hydrogens is 454 g/mol. The molecule has 7 heteroatoms. The molecule has 0 aliphatic carbocycles. The summed E-state index contributed by atoms with van der Waals surface area (Å²) in [4.78, 5) is 19.7. The van der Waals surface area contributed by atoms with Crippen LogP contribution in [0.15, 0.2) is 66.7 Å². The maximum absolute atomic E-state index is 13.0. The fourth-order valence-corrected chi connectivity index (χ4v) is 4.80. The first kappa shape index (κ1) is 23.9. The van der Waals surface area contributed by atoms with Gasteiger partial charge >= 0.3 is 0 Å². The molecule has 2 atom stereocenters. The van der Waals surface area contributed by atoms with E-state index in [4.69, 9.17) is 14.5 Å². The smallest absolute Gasteiger partial charge is 0.227 e. The lowest BCUT2D eigenvalue weighted by atomic mass is 10.1. The molecule has 1 saturated heterocycles. The summed E-state index contributed by atoms with van der Waals surface area (Å²) in [5.74, 6) is 2.31. The third-order valence-electron chi connectivity index (χ3n) is 6.73. The number of carbonyl (C=O) groups is 1. The van der Waals surface area contributed by atoms with Crippen LogP contribution in [0.5, 0.6) is 11.5 Å². The van der Waals surface area contributed by atoms with Crippen molar-refractivity contribution in [2.24, 2.45) is 0 Å². The Morgan fingerprint density at radius 3 is 2.64 bits per heavy atom. The Morgan fingerprint density at radius 2 is 1.86 bits per heavy atom. The number of benzene rings is 3. The Kier molecular flexibility index (Phi) is 6.65. The number of carbonyl (C=O) groups excluding carboxylic acids is 1. The standard InChI is InChI=1S/C29H31N3O4/c1-19-8-9-20(2)27(14-19)36-18-23(33)17-32-26-7-5-4-6-25(26)30-29(32)21-15-28(34)31(16-21)22-10-12-24(35-3)13-11-22/h4-14,21,23,33H,15-18H2,1-3H3/t21-,23-/m1/s1. The molecule has 1 amide bonds. The molecule has 3 aromatic carbocycles. The monoisotopic (exact) mass is 485 g/mol. The molecule has 0 saturated carbocycles. The molecule has 2 heterocycles. The highest BCUT2D eigenvalue weighted by Gasteiger charge is 2.35. The Balaban J connectivity index is 1.37. The molecule has 1 N–H and O–H groups in total. The molecule has 1 fully saturated rings. The van der Waals surface area contributed by atoms with Gasteiger partial charge < -0.3 is 24.0 Å². The van der Waals surface area contributed by atoms with Crippen LogP contribution < -0.4 is 14.4 Å². The summed E-state index contributed by atoms with van der Waals surface area (Å²) in [7, 11) is 1.62. The summed E-state index contributed by atoms with van der Waals surface area (Å²) < 4.78 is 13.2. The number of amides is 1. The molecule has 1 aromatic heterocycles. The minimum atomic E-state index is -0.740. The van der Waals surface area contributed by atoms with Gasteiger partial charge in [0.15, 0.2) is 0 Å². The van der Waals surface area contributed by atoms with E-state index in [1.807, 2.05) is 85.1 Å². The highest BCUT2D eigenvalue weighted by molar-refractivity contribution is 5.96. The van der Waals surface area contributed by atoms with Crippen molar-refractivity contribution in [3.63, 3.8) is 0 Å². The van der Waals surface area contributed by atoms with E-state index in [1.54, 1.807) is 12.0 Å². The second kappa shape index (κ2) is 10.0. The Bertz CT molecular complexity index is 1380. The molecule has 186 valence electrons. The van der Waals surface area contributed by atoms with Gasteiger partial charge in [-0.3, -0.25) is 4.79 Å². The Morgan fingerprint density at radius 1 is 1.08 bits per heavy atom. The Labute approximate surface area is 210 Å². The van der Waals surface area contributed by atoms with Gasteiger partial charge in [0.2, 0.25) is 5.91 Å². The minimum absolute atomic E-state index is 0.0579. The van der Waals surface area contributed by atoms with Crippen molar-refractivity contribution >= 4 is 22.6 Å². The predicted molar refractivity (Wildman–Crippen MR) is 140 cm³/mol. The fourth-order valence-electron chi connectivity index (χ4n) is 4.80. The molecule has 7 nitrogen and oxygen atoms in total. The molecule has 0 radical (unpaired) electrons. The summed E-state index contributed by atoms with van der Waals surface area (Å²) in [5, 5.41) is 10.9. The fraction of sp³-hybridized carbons (Fsp3) is 0.310. The predicted octanol–water partition coefficient (Wildman–Crippen LogP) is 4.62. The van der Waals surface area contributed by atoms with Crippen LogP contribution in [0.2, 0.25) is 0 Å². The summed E-state index contributed by atoms with van der Waals surface area (Å²) in [6.45, 7) is 5.04. The lowest BCUT2D eigenvalue weighted by molar-refractivity contribution is -0.117. The topological polar surface area (TPSA) is 76.8 Å². The number of methoxy groups -OCH3 is 1. The van der Waals surface area contributed by atoms with Gasteiger partial charge in [-0.05, 0) is 67.4 Å². The van der Waals surface area contributed by atoms with E-state index in [0.29, 0.717) is 19.5 Å². The van der Waals surface area contributed by atoms with Crippen LogP contribution >= 0.6 is 0 Å². The summed E-state index contributed by atoms with van der Waals surface area (Å²) in [6.07, 6.45) is -0.374. The van der Waals surface area contributed by atoms with Crippen LogP contribution in [0.1, 0.15) is 29.3 Å². The number of rotatable bonds is 8. The SMILES string of the molecule is COc1ccc(N2C[C@H](c3nc4ccccc4n3C[C@@H](O)COc3cc(C)ccc3C)CC2=O)cc1. The number of ether oxygens (including phenoxy) is 2. The first-order valence-electron chi connectivity index (χ1n) is 12.2. The van der Waals surface area contributed by atoms with Crippen molar-refractivity contribution in [3.8, 4) is 11.5 Å². The normalized spacial score (nSPS) is 16.5. The average Bonchev–Trinajstić information content (AvgIpc) is 3.45. The maximum Gasteiger partial charge on any atom is 0.227 e. The number of nitrogens with zero attached hydrogens (tertiary/aromatic N) is 3. The van der Waals surface area contributed by atoms with Crippen LogP contribution in [0.4, 0.5) is 5.69 Å². The quantitative estimate of drug-likeness (QED) is 0.394. The zero-order chi connectivity index (χ0) is 25.2. The van der Waals surface area contributed by atoms with Crippen LogP contribution in [0.3, 0.4) is 0 Å². The van der Waals surface area contributed by atoms with E-state index in [0.717, 1.165) is 45.2 Å². The molecule has 1 aliphatic heterocycles. The van der Waals surface area contributed by atoms with Crippen molar-refractivity contribution in [2.75, 3.05) is 25.2 Å². The maximum atomic E-state index is 13.0. The van der Waals surface area contributed by atoms with Crippen LogP contribution in [-0.4, -0.2) is 46.9 Å². The number of hydrogen-bond acceptors (Lipinski definition) is 5. The van der Waals surface area contributed by atoms with Gasteiger partial charge in [0.1, 0.15) is 30.0 Å². The van der Waals surface area contributed by atoms with E-state index in [9.17, 15) is 9.90 Å². The van der Waals surface area contributed by atoms with Crippen LogP contribution in [-0.2, 0) is 11.3 Å². The zero-order valence-electron chi connectivity index (χ0n) is 20.8. The number of aliphatic hydroxyl groups is 1. The second-order valence-electron chi connectivity index (χ2n) is 9.41. The molecule has 1 aliphatic rings. The van der Waals surface area contributed by atoms with Gasteiger partial charge in [0, 0.05) is 24.6 Å². The lowest BCUT2D eigenvalue weighted by Crippen LogP contribution is -2.26. The summed E-state index contributed by atoms with van der Waals surface area (Å²) in [6, 6.07) is 21.4. The van der Waals surface area contributed by atoms with Crippen molar-refractivity contribution < 1.29 is 19.4 Å². The number of hydrogen-bond donors (Lipinski definition) is 1. The first-order valence-corrected chi connectivity index (χ1v) is 12.2. The van der Waals surface area contributed by atoms with E-state index < -0.39 is 6.10 Å². The zero-order valence-corrected chi connectivity index (χ0v) is 20.8. The summed E-state index contributed by atoms with van der Waals surface area (Å²) in [5.41, 5.74) is 4.78. The number of para-hydroxylation sites is 2. The van der Waals surface area contributed by atoms with Gasteiger partial charge in [0.25, 0.3) is 0 Å². The number of imidazole rings is 1. The third kappa shape index (κ3) is 4.79. The van der Waals surface area contributed by atoms with Crippen molar-refractivity contribution in [2.45, 2.75) is 38.8 Å². The largest absolute Gasteiger partial charge is 0.497 e. The first-order chi connectivity index (χ1) is 17.4. The van der Waals surface area contributed by atoms with E-state index >= 15 is 0 Å². The van der Waals surface area contributed by atoms with Gasteiger partial charge in [-0.1, -0.05) is 24.3 Å². The number of anilines is 1.